The zero-order valence-electron chi connectivity index (χ0n) is 14.8. The molecule has 26 heavy (non-hydrogen) atoms. The number of methoxy groups -OCH3 is 1. The third-order valence-electron chi connectivity index (χ3n) is 4.05. The summed E-state index contributed by atoms with van der Waals surface area (Å²) in [5.41, 5.74) is 1.51. The summed E-state index contributed by atoms with van der Waals surface area (Å²) in [7, 11) is 1.62. The number of pyridine rings is 1. The van der Waals surface area contributed by atoms with E-state index in [0.717, 1.165) is 24.5 Å². The standard InChI is InChI=1S/C18H23N5O3/c1-25-12-17-22-15(14-4-8-26-11-14)9-16(23-17)20-6-7-21-18(24)13-3-2-5-19-10-13/h2-3,5,9-10,14H,4,6-8,11-12H2,1H3,(H,21,24)(H,20,22,23). The highest BCUT2D eigenvalue weighted by molar-refractivity contribution is 5.93. The second-order valence-corrected chi connectivity index (χ2v) is 6.01. The summed E-state index contributed by atoms with van der Waals surface area (Å²) in [4.78, 5) is 25.0. The van der Waals surface area contributed by atoms with Gasteiger partial charge in [-0.1, -0.05) is 0 Å². The van der Waals surface area contributed by atoms with Gasteiger partial charge in [-0.15, -0.1) is 0 Å². The molecule has 0 saturated carbocycles. The van der Waals surface area contributed by atoms with Crippen LogP contribution in [0.1, 0.15) is 34.2 Å². The van der Waals surface area contributed by atoms with Crippen LogP contribution in [0.5, 0.6) is 0 Å². The van der Waals surface area contributed by atoms with E-state index in [4.69, 9.17) is 9.47 Å². The number of anilines is 1. The largest absolute Gasteiger partial charge is 0.381 e. The van der Waals surface area contributed by atoms with Crippen LogP contribution < -0.4 is 10.6 Å². The van der Waals surface area contributed by atoms with Gasteiger partial charge in [0.15, 0.2) is 5.82 Å². The summed E-state index contributed by atoms with van der Waals surface area (Å²) < 4.78 is 10.6. The molecule has 1 aliphatic rings. The van der Waals surface area contributed by atoms with Crippen LogP contribution in [0.3, 0.4) is 0 Å². The van der Waals surface area contributed by atoms with Crippen molar-refractivity contribution >= 4 is 11.7 Å². The van der Waals surface area contributed by atoms with Crippen LogP contribution in [-0.2, 0) is 16.1 Å². The Morgan fingerprint density at radius 2 is 2.31 bits per heavy atom. The smallest absolute Gasteiger partial charge is 0.252 e. The van der Waals surface area contributed by atoms with Crippen molar-refractivity contribution in [2.75, 3.05) is 38.7 Å². The number of nitrogens with zero attached hydrogens (tertiary/aromatic N) is 3. The minimum atomic E-state index is -0.147. The third kappa shape index (κ3) is 4.96. The van der Waals surface area contributed by atoms with Crippen molar-refractivity contribution in [1.29, 1.82) is 0 Å². The number of rotatable bonds is 8. The molecular weight excluding hydrogens is 334 g/mol. The van der Waals surface area contributed by atoms with E-state index in [9.17, 15) is 4.79 Å². The molecule has 138 valence electrons. The van der Waals surface area contributed by atoms with Crippen molar-refractivity contribution in [3.63, 3.8) is 0 Å². The van der Waals surface area contributed by atoms with Crippen molar-refractivity contribution < 1.29 is 14.3 Å². The van der Waals surface area contributed by atoms with Crippen LogP contribution in [0.4, 0.5) is 5.82 Å². The number of aromatic nitrogens is 3. The van der Waals surface area contributed by atoms with Crippen LogP contribution in [-0.4, -0.2) is 54.3 Å². The van der Waals surface area contributed by atoms with Gasteiger partial charge in [0.1, 0.15) is 12.4 Å². The minimum absolute atomic E-state index is 0.147. The number of ether oxygens (including phenoxy) is 2. The molecule has 1 unspecified atom stereocenters. The maximum absolute atomic E-state index is 12.0. The predicted octanol–water partition coefficient (Wildman–Crippen LogP) is 1.36. The predicted molar refractivity (Wildman–Crippen MR) is 96.0 cm³/mol. The molecule has 1 aliphatic heterocycles. The fourth-order valence-corrected chi connectivity index (χ4v) is 2.74. The molecule has 0 bridgehead atoms. The van der Waals surface area contributed by atoms with Crippen LogP contribution >= 0.6 is 0 Å². The van der Waals surface area contributed by atoms with Gasteiger partial charge in [-0.05, 0) is 18.6 Å². The van der Waals surface area contributed by atoms with E-state index in [0.29, 0.717) is 43.6 Å². The lowest BCUT2D eigenvalue weighted by Crippen LogP contribution is -2.29. The fraction of sp³-hybridized carbons (Fsp3) is 0.444. The molecular formula is C18H23N5O3. The van der Waals surface area contributed by atoms with Crippen molar-refractivity contribution in [2.45, 2.75) is 18.9 Å². The zero-order valence-corrected chi connectivity index (χ0v) is 14.8. The second-order valence-electron chi connectivity index (χ2n) is 6.01. The van der Waals surface area contributed by atoms with E-state index in [1.165, 1.54) is 0 Å². The second kappa shape index (κ2) is 9.21. The number of carbonyl (C=O) groups excluding carboxylic acids is 1. The van der Waals surface area contributed by atoms with E-state index >= 15 is 0 Å². The Morgan fingerprint density at radius 3 is 3.04 bits per heavy atom. The van der Waals surface area contributed by atoms with E-state index in [2.05, 4.69) is 25.6 Å². The van der Waals surface area contributed by atoms with Crippen LogP contribution in [0.2, 0.25) is 0 Å². The first kappa shape index (κ1) is 18.2. The lowest BCUT2D eigenvalue weighted by atomic mass is 10.0. The van der Waals surface area contributed by atoms with Crippen molar-refractivity contribution in [3.05, 3.63) is 47.7 Å². The first-order valence-corrected chi connectivity index (χ1v) is 8.63. The lowest BCUT2D eigenvalue weighted by Gasteiger charge is -2.13. The molecule has 1 fully saturated rings. The number of hydrogen-bond donors (Lipinski definition) is 2. The summed E-state index contributed by atoms with van der Waals surface area (Å²) in [6.07, 6.45) is 4.14. The van der Waals surface area contributed by atoms with Gasteiger partial charge < -0.3 is 20.1 Å². The lowest BCUT2D eigenvalue weighted by molar-refractivity contribution is 0.0955. The zero-order chi connectivity index (χ0) is 18.2. The van der Waals surface area contributed by atoms with E-state index in [-0.39, 0.29) is 5.91 Å². The molecule has 2 aromatic rings. The molecule has 1 atom stereocenters. The molecule has 1 saturated heterocycles. The molecule has 3 heterocycles. The molecule has 1 amide bonds. The Bertz CT molecular complexity index is 720. The van der Waals surface area contributed by atoms with Crippen molar-refractivity contribution in [3.8, 4) is 0 Å². The Labute approximate surface area is 152 Å². The van der Waals surface area contributed by atoms with E-state index < -0.39 is 0 Å². The molecule has 2 N–H and O–H groups in total. The van der Waals surface area contributed by atoms with Gasteiger partial charge in [-0.3, -0.25) is 9.78 Å². The van der Waals surface area contributed by atoms with Crippen LogP contribution in [0, 0.1) is 0 Å². The van der Waals surface area contributed by atoms with Crippen LogP contribution in [0.25, 0.3) is 0 Å². The molecule has 0 radical (unpaired) electrons. The van der Waals surface area contributed by atoms with Gasteiger partial charge >= 0.3 is 0 Å². The monoisotopic (exact) mass is 357 g/mol. The first-order chi connectivity index (χ1) is 12.8. The number of amides is 1. The highest BCUT2D eigenvalue weighted by Gasteiger charge is 2.20. The van der Waals surface area contributed by atoms with Crippen molar-refractivity contribution in [1.82, 2.24) is 20.3 Å². The first-order valence-electron chi connectivity index (χ1n) is 8.63. The topological polar surface area (TPSA) is 98.3 Å². The Hall–Kier alpha value is -2.58. The Morgan fingerprint density at radius 1 is 1.38 bits per heavy atom. The highest BCUT2D eigenvalue weighted by atomic mass is 16.5. The summed E-state index contributed by atoms with van der Waals surface area (Å²) >= 11 is 0. The molecule has 0 spiro atoms. The van der Waals surface area contributed by atoms with Gasteiger partial charge in [0, 0.05) is 51.2 Å². The maximum atomic E-state index is 12.0. The fourth-order valence-electron chi connectivity index (χ4n) is 2.74. The van der Waals surface area contributed by atoms with E-state index in [1.54, 1.807) is 31.6 Å². The normalized spacial score (nSPS) is 16.4. The molecule has 0 aliphatic carbocycles. The maximum Gasteiger partial charge on any atom is 0.252 e. The molecule has 8 nitrogen and oxygen atoms in total. The van der Waals surface area contributed by atoms with Crippen molar-refractivity contribution in [2.24, 2.45) is 0 Å². The number of carbonyl (C=O) groups is 1. The summed E-state index contributed by atoms with van der Waals surface area (Å²) in [6.45, 7) is 2.82. The van der Waals surface area contributed by atoms with Gasteiger partial charge in [-0.25, -0.2) is 9.97 Å². The van der Waals surface area contributed by atoms with E-state index in [1.807, 2.05) is 6.07 Å². The van der Waals surface area contributed by atoms with Gasteiger partial charge in [0.25, 0.3) is 5.91 Å². The third-order valence-corrected chi connectivity index (χ3v) is 4.05. The summed E-state index contributed by atoms with van der Waals surface area (Å²) in [5.74, 6) is 1.51. The SMILES string of the molecule is COCc1nc(NCCNC(=O)c2cccnc2)cc(C2CCOC2)n1. The molecule has 3 rings (SSSR count). The van der Waals surface area contributed by atoms with Gasteiger partial charge in [0.2, 0.25) is 0 Å². The summed E-state index contributed by atoms with van der Waals surface area (Å²) in [5, 5.41) is 6.09. The quantitative estimate of drug-likeness (QED) is 0.688. The average Bonchev–Trinajstić information content (AvgIpc) is 3.21. The molecule has 0 aromatic carbocycles. The average molecular weight is 357 g/mol. The van der Waals surface area contributed by atoms with Crippen LogP contribution in [0.15, 0.2) is 30.6 Å². The number of hydrogen-bond acceptors (Lipinski definition) is 7. The Kier molecular flexibility index (Phi) is 6.45. The van der Waals surface area contributed by atoms with Gasteiger partial charge in [-0.2, -0.15) is 0 Å². The minimum Gasteiger partial charge on any atom is -0.381 e. The molecule has 8 heteroatoms. The Balaban J connectivity index is 1.55. The number of nitrogens with one attached hydrogen (secondary N) is 2. The molecule has 2 aromatic heterocycles. The summed E-state index contributed by atoms with van der Waals surface area (Å²) in [6, 6.07) is 5.41. The van der Waals surface area contributed by atoms with Gasteiger partial charge in [0.05, 0.1) is 17.9 Å². The highest BCUT2D eigenvalue weighted by Crippen LogP contribution is 2.25.